The standard InChI is InChI=1S/C26H34N4O4/c1-5-22-14(2)25(19-12-16(26(33)34-4)6-10-23(19)29(22)15(3)32)30-24-11-8-18-17(20(18)13-31)7-9-21(24)27-28-30/h6,10,12,14,17-18,20,22,25,31H,5,7-9,11,13H2,1-4H3/t14-,17?,18?,20?,22?,25?/m1/s1. The molecule has 2 aliphatic carbocycles. The molecule has 0 radical (unpaired) electrons. The number of methoxy groups -OCH3 is 1. The van der Waals surface area contributed by atoms with Gasteiger partial charge in [0.25, 0.3) is 0 Å². The summed E-state index contributed by atoms with van der Waals surface area (Å²) in [4.78, 5) is 27.0. The predicted octanol–water partition coefficient (Wildman–Crippen LogP) is 3.17. The van der Waals surface area contributed by atoms with Crippen molar-refractivity contribution in [1.82, 2.24) is 15.0 Å². The molecule has 5 unspecified atom stereocenters. The molecule has 6 atom stereocenters. The van der Waals surface area contributed by atoms with Gasteiger partial charge in [0.2, 0.25) is 5.91 Å². The van der Waals surface area contributed by atoms with Crippen molar-refractivity contribution < 1.29 is 19.4 Å². The average Bonchev–Trinajstić information content (AvgIpc) is 3.35. The first-order valence-corrected chi connectivity index (χ1v) is 12.5. The lowest BCUT2D eigenvalue weighted by Gasteiger charge is -2.45. The van der Waals surface area contributed by atoms with Gasteiger partial charge in [0.05, 0.1) is 30.1 Å². The van der Waals surface area contributed by atoms with Gasteiger partial charge in [-0.2, -0.15) is 0 Å². The van der Waals surface area contributed by atoms with Crippen LogP contribution in [0.3, 0.4) is 0 Å². The molecule has 34 heavy (non-hydrogen) atoms. The van der Waals surface area contributed by atoms with Crippen LogP contribution in [-0.2, 0) is 22.4 Å². The number of hydrogen-bond acceptors (Lipinski definition) is 6. The molecule has 1 amide bonds. The van der Waals surface area contributed by atoms with Crippen LogP contribution in [0.1, 0.15) is 73.4 Å². The van der Waals surface area contributed by atoms with Gasteiger partial charge < -0.3 is 14.7 Å². The number of rotatable bonds is 4. The van der Waals surface area contributed by atoms with E-state index in [0.717, 1.165) is 54.7 Å². The second-order valence-corrected chi connectivity index (χ2v) is 10.1. The van der Waals surface area contributed by atoms with Gasteiger partial charge in [-0.15, -0.1) is 5.10 Å². The first kappa shape index (κ1) is 23.0. The summed E-state index contributed by atoms with van der Waals surface area (Å²) in [6, 6.07) is 5.33. The molecule has 5 rings (SSSR count). The maximum atomic E-state index is 12.7. The predicted molar refractivity (Wildman–Crippen MR) is 127 cm³/mol. The summed E-state index contributed by atoms with van der Waals surface area (Å²) in [6.07, 6.45) is 4.64. The van der Waals surface area contributed by atoms with Crippen LogP contribution in [0.5, 0.6) is 0 Å². The number of nitrogens with zero attached hydrogens (tertiary/aromatic N) is 4. The Morgan fingerprint density at radius 2 is 1.94 bits per heavy atom. The molecule has 0 saturated heterocycles. The molecule has 182 valence electrons. The highest BCUT2D eigenvalue weighted by Crippen LogP contribution is 2.53. The summed E-state index contributed by atoms with van der Waals surface area (Å²) in [7, 11) is 1.38. The number of aryl methyl sites for hydroxylation is 1. The number of aromatic nitrogens is 3. The van der Waals surface area contributed by atoms with E-state index in [-0.39, 0.29) is 30.5 Å². The number of ether oxygens (including phenoxy) is 1. The molecule has 3 aliphatic rings. The molecule has 1 saturated carbocycles. The van der Waals surface area contributed by atoms with Gasteiger partial charge in [0.1, 0.15) is 0 Å². The number of esters is 1. The van der Waals surface area contributed by atoms with Crippen LogP contribution < -0.4 is 4.90 Å². The fraction of sp³-hybridized carbons (Fsp3) is 0.615. The lowest BCUT2D eigenvalue weighted by Crippen LogP contribution is -2.50. The smallest absolute Gasteiger partial charge is 0.337 e. The Labute approximate surface area is 200 Å². The zero-order valence-electron chi connectivity index (χ0n) is 20.4. The monoisotopic (exact) mass is 466 g/mol. The van der Waals surface area contributed by atoms with Crippen LogP contribution in [-0.4, -0.2) is 51.7 Å². The number of carbonyl (C=O) groups is 2. The van der Waals surface area contributed by atoms with Crippen LogP contribution >= 0.6 is 0 Å². The van der Waals surface area contributed by atoms with Crippen LogP contribution in [0.2, 0.25) is 0 Å². The Morgan fingerprint density at radius 3 is 2.59 bits per heavy atom. The van der Waals surface area contributed by atoms with E-state index in [4.69, 9.17) is 4.74 Å². The molecule has 0 spiro atoms. The molecule has 1 fully saturated rings. The number of aliphatic hydroxyl groups is 1. The van der Waals surface area contributed by atoms with Gasteiger partial charge in [0, 0.05) is 36.7 Å². The number of hydrogen-bond donors (Lipinski definition) is 1. The highest BCUT2D eigenvalue weighted by Gasteiger charge is 2.50. The summed E-state index contributed by atoms with van der Waals surface area (Å²) < 4.78 is 7.05. The van der Waals surface area contributed by atoms with Crippen molar-refractivity contribution in [2.45, 2.75) is 65.0 Å². The number of carbonyl (C=O) groups excluding carboxylic acids is 2. The number of benzene rings is 1. The van der Waals surface area contributed by atoms with Gasteiger partial charge in [-0.3, -0.25) is 4.79 Å². The Hall–Kier alpha value is -2.74. The Morgan fingerprint density at radius 1 is 1.21 bits per heavy atom. The Balaban J connectivity index is 1.61. The van der Waals surface area contributed by atoms with Crippen molar-refractivity contribution in [2.24, 2.45) is 23.7 Å². The van der Waals surface area contributed by atoms with Gasteiger partial charge in [-0.05, 0) is 68.1 Å². The highest BCUT2D eigenvalue weighted by molar-refractivity contribution is 5.96. The fourth-order valence-electron chi connectivity index (χ4n) is 6.76. The first-order chi connectivity index (χ1) is 16.4. The van der Waals surface area contributed by atoms with Gasteiger partial charge in [-0.25, -0.2) is 9.48 Å². The van der Waals surface area contributed by atoms with Crippen LogP contribution in [0.4, 0.5) is 5.69 Å². The molecule has 0 bridgehead atoms. The molecule has 8 heteroatoms. The van der Waals surface area contributed by atoms with E-state index in [1.54, 1.807) is 13.0 Å². The molecule has 2 heterocycles. The SMILES string of the molecule is CCC1[C@@H](C)C(n2nnc3c2CCC2C(CO)C2CC3)c2cc(C(=O)OC)ccc2N1C(C)=O. The van der Waals surface area contributed by atoms with Gasteiger partial charge >= 0.3 is 5.97 Å². The van der Waals surface area contributed by atoms with Crippen molar-refractivity contribution in [3.8, 4) is 0 Å². The van der Waals surface area contributed by atoms with Gasteiger partial charge in [-0.1, -0.05) is 19.1 Å². The first-order valence-electron chi connectivity index (χ1n) is 12.5. The quantitative estimate of drug-likeness (QED) is 0.695. The third kappa shape index (κ3) is 3.54. The lowest BCUT2D eigenvalue weighted by atomic mass is 9.80. The van der Waals surface area contributed by atoms with Crippen molar-refractivity contribution in [3.05, 3.63) is 40.7 Å². The van der Waals surface area contributed by atoms with E-state index in [9.17, 15) is 14.7 Å². The van der Waals surface area contributed by atoms with E-state index in [2.05, 4.69) is 28.8 Å². The van der Waals surface area contributed by atoms with E-state index in [0.29, 0.717) is 23.3 Å². The largest absolute Gasteiger partial charge is 0.465 e. The van der Waals surface area contributed by atoms with Crippen LogP contribution in [0.25, 0.3) is 0 Å². The zero-order chi connectivity index (χ0) is 24.1. The number of aliphatic hydroxyl groups excluding tert-OH is 1. The molecule has 1 aliphatic heterocycles. The molecule has 2 aromatic rings. The van der Waals surface area contributed by atoms with Crippen molar-refractivity contribution >= 4 is 17.6 Å². The van der Waals surface area contributed by atoms with E-state index >= 15 is 0 Å². The minimum atomic E-state index is -0.398. The summed E-state index contributed by atoms with van der Waals surface area (Å²) in [6.45, 7) is 6.14. The maximum absolute atomic E-state index is 12.7. The Kier molecular flexibility index (Phi) is 5.96. The van der Waals surface area contributed by atoms with Crippen LogP contribution in [0.15, 0.2) is 18.2 Å². The second kappa shape index (κ2) is 8.80. The highest BCUT2D eigenvalue weighted by atomic mass is 16.5. The maximum Gasteiger partial charge on any atom is 0.337 e. The topological polar surface area (TPSA) is 97.5 Å². The van der Waals surface area contributed by atoms with E-state index in [1.807, 2.05) is 17.0 Å². The summed E-state index contributed by atoms with van der Waals surface area (Å²) in [5.74, 6) is 1.28. The average molecular weight is 467 g/mol. The molecule has 1 N–H and O–H groups in total. The lowest BCUT2D eigenvalue weighted by molar-refractivity contribution is -0.117. The number of amides is 1. The summed E-state index contributed by atoms with van der Waals surface area (Å²) in [5, 5.41) is 19.0. The third-order valence-electron chi connectivity index (χ3n) is 8.50. The van der Waals surface area contributed by atoms with Crippen molar-refractivity contribution in [2.75, 3.05) is 18.6 Å². The summed E-state index contributed by atoms with van der Waals surface area (Å²) >= 11 is 0. The van der Waals surface area contributed by atoms with Gasteiger partial charge in [0.15, 0.2) is 0 Å². The minimum Gasteiger partial charge on any atom is -0.465 e. The molecular formula is C26H34N4O4. The van der Waals surface area contributed by atoms with Crippen LogP contribution in [0, 0.1) is 23.7 Å². The third-order valence-corrected chi connectivity index (χ3v) is 8.50. The van der Waals surface area contributed by atoms with Crippen molar-refractivity contribution in [1.29, 1.82) is 0 Å². The number of fused-ring (bicyclic) bond motifs is 3. The normalized spacial score (nSPS) is 29.9. The fourth-order valence-corrected chi connectivity index (χ4v) is 6.76. The molecule has 1 aromatic heterocycles. The summed E-state index contributed by atoms with van der Waals surface area (Å²) in [5.41, 5.74) is 4.39. The Bertz CT molecular complexity index is 1110. The molecular weight excluding hydrogens is 432 g/mol. The zero-order valence-corrected chi connectivity index (χ0v) is 20.4. The molecule has 1 aromatic carbocycles. The minimum absolute atomic E-state index is 0.00653. The molecule has 8 nitrogen and oxygen atoms in total. The number of anilines is 1. The second-order valence-electron chi connectivity index (χ2n) is 10.1. The van der Waals surface area contributed by atoms with E-state index in [1.165, 1.54) is 7.11 Å². The van der Waals surface area contributed by atoms with E-state index < -0.39 is 5.97 Å². The van der Waals surface area contributed by atoms with Crippen molar-refractivity contribution in [3.63, 3.8) is 0 Å².